The number of hydrogen-bond acceptors (Lipinski definition) is 2. The molecule has 3 nitrogen and oxygen atoms in total. The van der Waals surface area contributed by atoms with Crippen molar-refractivity contribution in [2.75, 3.05) is 19.6 Å². The van der Waals surface area contributed by atoms with E-state index < -0.39 is 17.8 Å². The van der Waals surface area contributed by atoms with Crippen LogP contribution in [0.5, 0.6) is 0 Å². The lowest BCUT2D eigenvalue weighted by Crippen LogP contribution is -2.35. The monoisotopic (exact) mass is 221 g/mol. The molecule has 1 heterocycles. The van der Waals surface area contributed by atoms with E-state index in [-0.39, 0.29) is 25.4 Å². The van der Waals surface area contributed by atoms with Crippen LogP contribution in [0.15, 0.2) is 0 Å². The van der Waals surface area contributed by atoms with Crippen molar-refractivity contribution in [1.82, 2.24) is 4.90 Å². The van der Waals surface area contributed by atoms with E-state index in [0.29, 0.717) is 6.54 Å². The predicted molar refractivity (Wildman–Crippen MR) is 52.0 cm³/mol. The Bertz CT molecular complexity index is 244. The second-order valence-corrected chi connectivity index (χ2v) is 4.53. The van der Waals surface area contributed by atoms with E-state index in [1.807, 2.05) is 0 Å². The van der Waals surface area contributed by atoms with Crippen molar-refractivity contribution in [1.29, 1.82) is 0 Å². The van der Waals surface area contributed by atoms with Gasteiger partial charge in [-0.1, -0.05) is 13.8 Å². The van der Waals surface area contributed by atoms with E-state index in [2.05, 4.69) is 0 Å². The van der Waals surface area contributed by atoms with Gasteiger partial charge in [0.1, 0.15) is 0 Å². The van der Waals surface area contributed by atoms with Crippen molar-refractivity contribution in [2.45, 2.75) is 26.2 Å². The average Bonchev–Trinajstić information content (AvgIpc) is 2.40. The Kier molecular flexibility index (Phi) is 3.65. The molecule has 1 aliphatic rings. The second kappa shape index (κ2) is 4.43. The zero-order valence-corrected chi connectivity index (χ0v) is 9.04. The van der Waals surface area contributed by atoms with Crippen molar-refractivity contribution in [3.8, 4) is 0 Å². The fraction of sp³-hybridized carbons (Fsp3) is 0.900. The van der Waals surface area contributed by atoms with Crippen molar-refractivity contribution >= 4 is 5.97 Å². The molecule has 0 bridgehead atoms. The Morgan fingerprint density at radius 3 is 2.47 bits per heavy atom. The summed E-state index contributed by atoms with van der Waals surface area (Å²) < 4.78 is 25.7. The third-order valence-corrected chi connectivity index (χ3v) is 2.83. The molecular formula is C10H17F2NO2. The molecule has 1 N–H and O–H groups in total. The van der Waals surface area contributed by atoms with Crippen molar-refractivity contribution in [2.24, 2.45) is 11.8 Å². The maximum absolute atomic E-state index is 12.9. The number of rotatable bonds is 4. The lowest BCUT2D eigenvalue weighted by Gasteiger charge is -2.23. The van der Waals surface area contributed by atoms with E-state index in [4.69, 9.17) is 5.11 Å². The van der Waals surface area contributed by atoms with Crippen LogP contribution in [-0.2, 0) is 4.79 Å². The summed E-state index contributed by atoms with van der Waals surface area (Å²) in [5.74, 6) is -4.13. The molecule has 5 heteroatoms. The Balaban J connectivity index is 2.50. The van der Waals surface area contributed by atoms with Gasteiger partial charge in [0.15, 0.2) is 0 Å². The van der Waals surface area contributed by atoms with Gasteiger partial charge in [-0.05, 0) is 5.92 Å². The molecule has 1 rings (SSSR count). The summed E-state index contributed by atoms with van der Waals surface area (Å²) in [4.78, 5) is 12.4. The van der Waals surface area contributed by atoms with E-state index in [1.165, 1.54) is 0 Å². The Labute approximate surface area is 88.1 Å². The molecule has 1 unspecified atom stereocenters. The van der Waals surface area contributed by atoms with Crippen LogP contribution in [0, 0.1) is 11.8 Å². The van der Waals surface area contributed by atoms with Gasteiger partial charge in [-0.2, -0.15) is 0 Å². The van der Waals surface area contributed by atoms with Gasteiger partial charge in [-0.15, -0.1) is 0 Å². The summed E-state index contributed by atoms with van der Waals surface area (Å²) >= 11 is 0. The smallest absolute Gasteiger partial charge is 0.308 e. The summed E-state index contributed by atoms with van der Waals surface area (Å²) in [6.45, 7) is 3.82. The third-order valence-electron chi connectivity index (χ3n) is 2.83. The van der Waals surface area contributed by atoms with Crippen LogP contribution in [-0.4, -0.2) is 41.5 Å². The number of likely N-dealkylation sites (tertiary alicyclic amines) is 1. The first-order valence-corrected chi connectivity index (χ1v) is 5.15. The van der Waals surface area contributed by atoms with Gasteiger partial charge < -0.3 is 5.11 Å². The highest BCUT2D eigenvalue weighted by atomic mass is 19.3. The van der Waals surface area contributed by atoms with E-state index >= 15 is 0 Å². The number of carboxylic acid groups (broad SMARTS) is 1. The molecule has 0 aliphatic carbocycles. The van der Waals surface area contributed by atoms with Crippen LogP contribution in [0.3, 0.4) is 0 Å². The maximum Gasteiger partial charge on any atom is 0.308 e. The van der Waals surface area contributed by atoms with Crippen molar-refractivity contribution < 1.29 is 18.7 Å². The molecule has 1 aliphatic heterocycles. The molecule has 15 heavy (non-hydrogen) atoms. The highest BCUT2D eigenvalue weighted by Crippen LogP contribution is 2.28. The molecule has 0 radical (unpaired) electrons. The third kappa shape index (κ3) is 3.41. The molecule has 1 atom stereocenters. The van der Waals surface area contributed by atoms with Gasteiger partial charge in [0.05, 0.1) is 12.5 Å². The second-order valence-electron chi connectivity index (χ2n) is 4.53. The number of alkyl halides is 2. The summed E-state index contributed by atoms with van der Waals surface area (Å²) in [6, 6.07) is 0. The number of carboxylic acids is 1. The number of hydrogen-bond donors (Lipinski definition) is 1. The number of aliphatic carboxylic acids is 1. The topological polar surface area (TPSA) is 40.5 Å². The zero-order chi connectivity index (χ0) is 11.6. The fourth-order valence-electron chi connectivity index (χ4n) is 1.82. The maximum atomic E-state index is 12.9. The highest BCUT2D eigenvalue weighted by molar-refractivity contribution is 5.70. The molecule has 0 amide bonds. The lowest BCUT2D eigenvalue weighted by molar-refractivity contribution is -0.144. The van der Waals surface area contributed by atoms with E-state index in [9.17, 15) is 13.6 Å². The van der Waals surface area contributed by atoms with Gasteiger partial charge in [-0.25, -0.2) is 8.78 Å². The standard InChI is InChI=1S/C10H17F2NO2/c1-7(2)8(9(14)15)5-13-4-3-10(11,12)6-13/h7-8H,3-6H2,1-2H3,(H,14,15). The predicted octanol–water partition coefficient (Wildman–Crippen LogP) is 1.68. The molecule has 0 saturated carbocycles. The van der Waals surface area contributed by atoms with Crippen molar-refractivity contribution in [3.05, 3.63) is 0 Å². The number of nitrogens with zero attached hydrogens (tertiary/aromatic N) is 1. The van der Waals surface area contributed by atoms with Crippen LogP contribution < -0.4 is 0 Å². The van der Waals surface area contributed by atoms with Crippen LogP contribution in [0.1, 0.15) is 20.3 Å². The molecule has 0 aromatic heterocycles. The molecule has 1 fully saturated rings. The Morgan fingerprint density at radius 2 is 2.13 bits per heavy atom. The SMILES string of the molecule is CC(C)C(CN1CCC(F)(F)C1)C(=O)O. The summed E-state index contributed by atoms with van der Waals surface area (Å²) in [6.07, 6.45) is -0.155. The molecule has 0 aromatic carbocycles. The quantitative estimate of drug-likeness (QED) is 0.785. The number of halogens is 2. The first kappa shape index (κ1) is 12.4. The molecular weight excluding hydrogens is 204 g/mol. The molecule has 1 saturated heterocycles. The van der Waals surface area contributed by atoms with Crippen molar-refractivity contribution in [3.63, 3.8) is 0 Å². The summed E-state index contributed by atoms with van der Waals surface area (Å²) in [5.41, 5.74) is 0. The van der Waals surface area contributed by atoms with Gasteiger partial charge in [0, 0.05) is 19.5 Å². The van der Waals surface area contributed by atoms with Crippen LogP contribution in [0.2, 0.25) is 0 Å². The zero-order valence-electron chi connectivity index (χ0n) is 9.04. The molecule has 0 aromatic rings. The number of carbonyl (C=O) groups is 1. The van der Waals surface area contributed by atoms with Crippen LogP contribution in [0.4, 0.5) is 8.78 Å². The normalized spacial score (nSPS) is 23.3. The molecule has 0 spiro atoms. The van der Waals surface area contributed by atoms with Gasteiger partial charge in [0.2, 0.25) is 0 Å². The Hall–Kier alpha value is -0.710. The summed E-state index contributed by atoms with van der Waals surface area (Å²) in [7, 11) is 0. The largest absolute Gasteiger partial charge is 0.481 e. The lowest BCUT2D eigenvalue weighted by atomic mass is 9.95. The minimum Gasteiger partial charge on any atom is -0.481 e. The summed E-state index contributed by atoms with van der Waals surface area (Å²) in [5, 5.41) is 8.92. The minimum absolute atomic E-state index is 0.0308. The average molecular weight is 221 g/mol. The van der Waals surface area contributed by atoms with E-state index in [1.54, 1.807) is 18.7 Å². The Morgan fingerprint density at radius 1 is 1.53 bits per heavy atom. The van der Waals surface area contributed by atoms with Crippen LogP contribution in [0.25, 0.3) is 0 Å². The van der Waals surface area contributed by atoms with Gasteiger partial charge in [0.25, 0.3) is 5.92 Å². The molecule has 88 valence electrons. The van der Waals surface area contributed by atoms with E-state index in [0.717, 1.165) is 0 Å². The van der Waals surface area contributed by atoms with Gasteiger partial charge in [-0.3, -0.25) is 9.69 Å². The fourth-order valence-corrected chi connectivity index (χ4v) is 1.82. The first-order chi connectivity index (χ1) is 6.82. The minimum atomic E-state index is -2.64. The van der Waals surface area contributed by atoms with Gasteiger partial charge >= 0.3 is 5.97 Å². The first-order valence-electron chi connectivity index (χ1n) is 5.15. The van der Waals surface area contributed by atoms with Crippen LogP contribution >= 0.6 is 0 Å². The highest BCUT2D eigenvalue weighted by Gasteiger charge is 2.39.